The van der Waals surface area contributed by atoms with Gasteiger partial charge < -0.3 is 14.9 Å². The number of hydrogen-bond acceptors (Lipinski definition) is 4. The highest BCUT2D eigenvalue weighted by molar-refractivity contribution is 9.09. The van der Waals surface area contributed by atoms with Gasteiger partial charge in [0, 0.05) is 5.56 Å². The van der Waals surface area contributed by atoms with Gasteiger partial charge in [-0.05, 0) is 25.5 Å². The maximum atomic E-state index is 11.4. The summed E-state index contributed by atoms with van der Waals surface area (Å²) in [5.41, 5.74) is 0.502. The van der Waals surface area contributed by atoms with Gasteiger partial charge in [0.15, 0.2) is 6.10 Å². The van der Waals surface area contributed by atoms with Crippen molar-refractivity contribution in [3.63, 3.8) is 0 Å². The number of Topliss-reactive ketones (excluding diaryl/α,β-unsaturated/α-hetero) is 1. The first-order valence-electron chi connectivity index (χ1n) is 5.71. The van der Waals surface area contributed by atoms with Gasteiger partial charge in [-0.1, -0.05) is 28.1 Å². The van der Waals surface area contributed by atoms with Crippen LogP contribution >= 0.6 is 15.9 Å². The fourth-order valence-electron chi connectivity index (χ4n) is 1.70. The molecular weight excluding hydrogens is 316 g/mol. The van der Waals surface area contributed by atoms with E-state index in [-0.39, 0.29) is 17.1 Å². The molecule has 2 unspecified atom stereocenters. The molecule has 0 spiro atoms. The number of aliphatic hydroxyl groups excluding tert-OH is 1. The number of carboxylic acid groups (broad SMARTS) is 1. The molecule has 5 nitrogen and oxygen atoms in total. The van der Waals surface area contributed by atoms with Crippen LogP contribution in [0.4, 0.5) is 0 Å². The monoisotopic (exact) mass is 330 g/mol. The molecule has 0 heterocycles. The number of alkyl halides is 1. The second-order valence-electron chi connectivity index (χ2n) is 3.91. The molecule has 0 bridgehead atoms. The van der Waals surface area contributed by atoms with E-state index in [0.29, 0.717) is 12.2 Å². The van der Waals surface area contributed by atoms with Gasteiger partial charge in [-0.25, -0.2) is 4.79 Å². The Labute approximate surface area is 119 Å². The Morgan fingerprint density at radius 2 is 2.05 bits per heavy atom. The molecule has 1 aromatic rings. The van der Waals surface area contributed by atoms with Crippen LogP contribution in [-0.2, 0) is 9.59 Å². The summed E-state index contributed by atoms with van der Waals surface area (Å²) in [5.74, 6) is -1.32. The van der Waals surface area contributed by atoms with Crippen LogP contribution in [0, 0.1) is 0 Å². The van der Waals surface area contributed by atoms with Crippen molar-refractivity contribution in [2.45, 2.75) is 24.8 Å². The average Bonchev–Trinajstić information content (AvgIpc) is 2.37. The number of carbonyl (C=O) groups is 2. The summed E-state index contributed by atoms with van der Waals surface area (Å²) >= 11 is 3.19. The van der Waals surface area contributed by atoms with Crippen LogP contribution in [0.2, 0.25) is 0 Å². The predicted molar refractivity (Wildman–Crippen MR) is 72.6 cm³/mol. The number of hydrogen-bond donors (Lipinski definition) is 2. The molecule has 0 aliphatic heterocycles. The van der Waals surface area contributed by atoms with Gasteiger partial charge in [-0.15, -0.1) is 0 Å². The number of ether oxygens (including phenoxy) is 1. The summed E-state index contributed by atoms with van der Waals surface area (Å²) in [6.45, 7) is 3.46. The molecule has 0 amide bonds. The maximum absolute atomic E-state index is 11.4. The fraction of sp³-hybridized carbons (Fsp3) is 0.385. The van der Waals surface area contributed by atoms with Crippen molar-refractivity contribution >= 4 is 27.7 Å². The molecule has 0 fully saturated rings. The smallest absolute Gasteiger partial charge is 0.337 e. The normalized spacial score (nSPS) is 13.7. The van der Waals surface area contributed by atoms with E-state index in [1.54, 1.807) is 25.1 Å². The molecule has 2 N–H and O–H groups in total. The highest BCUT2D eigenvalue weighted by atomic mass is 79.9. The maximum Gasteiger partial charge on any atom is 0.337 e. The van der Waals surface area contributed by atoms with Crippen molar-refractivity contribution in [2.75, 3.05) is 6.61 Å². The van der Waals surface area contributed by atoms with Crippen molar-refractivity contribution in [1.82, 2.24) is 0 Å². The number of halogens is 1. The Hall–Kier alpha value is -1.40. The van der Waals surface area contributed by atoms with E-state index < -0.39 is 16.9 Å². The second-order valence-corrected chi connectivity index (χ2v) is 4.82. The number of carboxylic acids is 1. The Kier molecular flexibility index (Phi) is 5.50. The van der Waals surface area contributed by atoms with Crippen molar-refractivity contribution in [3.8, 4) is 5.75 Å². The molecule has 6 heteroatoms. The summed E-state index contributed by atoms with van der Waals surface area (Å²) in [6.07, 6.45) is -1.74. The molecule has 1 aromatic carbocycles. The van der Waals surface area contributed by atoms with Crippen LogP contribution in [0.15, 0.2) is 18.2 Å². The molecule has 0 radical (unpaired) electrons. The second kappa shape index (κ2) is 6.68. The lowest BCUT2D eigenvalue weighted by atomic mass is 9.97. The summed E-state index contributed by atoms with van der Waals surface area (Å²) < 4.78 is 5.32. The lowest BCUT2D eigenvalue weighted by Crippen LogP contribution is -2.16. The minimum absolute atomic E-state index is 0.105. The minimum atomic E-state index is -1.74. The lowest BCUT2D eigenvalue weighted by molar-refractivity contribution is -0.147. The third kappa shape index (κ3) is 3.54. The van der Waals surface area contributed by atoms with Gasteiger partial charge in [-0.2, -0.15) is 0 Å². The summed E-state index contributed by atoms with van der Waals surface area (Å²) in [6, 6.07) is 4.80. The van der Waals surface area contributed by atoms with Crippen molar-refractivity contribution < 1.29 is 24.5 Å². The van der Waals surface area contributed by atoms with E-state index in [4.69, 9.17) is 9.84 Å². The fourth-order valence-corrected chi connectivity index (χ4v) is 2.10. The minimum Gasteiger partial charge on any atom is -0.493 e. The zero-order chi connectivity index (χ0) is 14.6. The molecule has 1 rings (SSSR count). The molecule has 0 aliphatic carbocycles. The molecule has 104 valence electrons. The molecule has 0 saturated carbocycles. The third-order valence-corrected chi connectivity index (χ3v) is 3.68. The Bertz CT molecular complexity index is 486. The van der Waals surface area contributed by atoms with Crippen LogP contribution in [-0.4, -0.2) is 28.6 Å². The molecular formula is C13H15BrO5. The van der Waals surface area contributed by atoms with Crippen LogP contribution in [0.25, 0.3) is 0 Å². The summed E-state index contributed by atoms with van der Waals surface area (Å²) in [7, 11) is 0. The molecule has 0 aliphatic rings. The molecule has 0 aromatic heterocycles. The van der Waals surface area contributed by atoms with Gasteiger partial charge in [0.2, 0.25) is 0 Å². The lowest BCUT2D eigenvalue weighted by Gasteiger charge is -2.19. The van der Waals surface area contributed by atoms with Crippen LogP contribution in [0.3, 0.4) is 0 Å². The first-order chi connectivity index (χ1) is 8.90. The van der Waals surface area contributed by atoms with Gasteiger partial charge in [0.25, 0.3) is 0 Å². The van der Waals surface area contributed by atoms with E-state index in [1.165, 1.54) is 6.92 Å². The van der Waals surface area contributed by atoms with Crippen LogP contribution < -0.4 is 4.74 Å². The SMILES string of the molecule is CCOc1cccc(C(Br)C(C)=O)c1C(O)C(=O)O. The zero-order valence-electron chi connectivity index (χ0n) is 10.6. The van der Waals surface area contributed by atoms with Gasteiger partial charge in [-0.3, -0.25) is 4.79 Å². The first kappa shape index (κ1) is 15.7. The largest absolute Gasteiger partial charge is 0.493 e. The van der Waals surface area contributed by atoms with Crippen molar-refractivity contribution in [1.29, 1.82) is 0 Å². The van der Waals surface area contributed by atoms with Crippen molar-refractivity contribution in [3.05, 3.63) is 29.3 Å². The van der Waals surface area contributed by atoms with E-state index in [0.717, 1.165) is 0 Å². The number of aliphatic carboxylic acids is 1. The van der Waals surface area contributed by atoms with Gasteiger partial charge in [0.1, 0.15) is 11.5 Å². The molecule has 2 atom stereocenters. The van der Waals surface area contributed by atoms with Gasteiger partial charge in [0.05, 0.1) is 11.4 Å². The quantitative estimate of drug-likeness (QED) is 0.781. The van der Waals surface area contributed by atoms with E-state index >= 15 is 0 Å². The van der Waals surface area contributed by atoms with Crippen LogP contribution in [0.5, 0.6) is 5.75 Å². The van der Waals surface area contributed by atoms with E-state index in [2.05, 4.69) is 15.9 Å². The van der Waals surface area contributed by atoms with Gasteiger partial charge >= 0.3 is 5.97 Å². The Balaban J connectivity index is 3.41. The zero-order valence-corrected chi connectivity index (χ0v) is 12.2. The average molecular weight is 331 g/mol. The summed E-state index contributed by atoms with van der Waals surface area (Å²) in [5, 5.41) is 18.8. The third-order valence-electron chi connectivity index (χ3n) is 2.54. The number of carbonyl (C=O) groups excluding carboxylic acids is 1. The highest BCUT2D eigenvalue weighted by Gasteiger charge is 2.28. The number of aliphatic hydroxyl groups is 1. The number of benzene rings is 1. The molecule has 19 heavy (non-hydrogen) atoms. The highest BCUT2D eigenvalue weighted by Crippen LogP contribution is 2.36. The van der Waals surface area contributed by atoms with E-state index in [9.17, 15) is 14.7 Å². The Morgan fingerprint density at radius 3 is 2.53 bits per heavy atom. The molecule has 0 saturated heterocycles. The summed E-state index contributed by atoms with van der Waals surface area (Å²) in [4.78, 5) is 21.8. The number of rotatable bonds is 6. The topological polar surface area (TPSA) is 83.8 Å². The van der Waals surface area contributed by atoms with Crippen LogP contribution in [0.1, 0.15) is 35.9 Å². The van der Waals surface area contributed by atoms with Crippen molar-refractivity contribution in [2.24, 2.45) is 0 Å². The van der Waals surface area contributed by atoms with E-state index in [1.807, 2.05) is 0 Å². The standard InChI is InChI=1S/C13H15BrO5/c1-3-19-9-6-4-5-8(11(14)7(2)15)10(9)12(16)13(17)18/h4-6,11-12,16H,3H2,1-2H3,(H,17,18). The first-order valence-corrected chi connectivity index (χ1v) is 6.62. The number of ketones is 1. The predicted octanol–water partition coefficient (Wildman–Crippen LogP) is 2.23. The Morgan fingerprint density at radius 1 is 1.42 bits per heavy atom.